The predicted octanol–water partition coefficient (Wildman–Crippen LogP) is 1.80. The van der Waals surface area contributed by atoms with Crippen LogP contribution in [0.2, 0.25) is 0 Å². The second kappa shape index (κ2) is 7.01. The third kappa shape index (κ3) is 4.45. The minimum atomic E-state index is -0.00782. The highest BCUT2D eigenvalue weighted by molar-refractivity contribution is 5.94. The highest BCUT2D eigenvalue weighted by Crippen LogP contribution is 1.97. The molecule has 0 saturated carbocycles. The molecule has 1 atom stereocenters. The van der Waals surface area contributed by atoms with E-state index in [2.05, 4.69) is 24.5 Å². The van der Waals surface area contributed by atoms with E-state index in [1.165, 1.54) is 0 Å². The highest BCUT2D eigenvalue weighted by atomic mass is 16.1. The molecule has 0 bridgehead atoms. The van der Waals surface area contributed by atoms with Crippen LogP contribution in [0.15, 0.2) is 30.3 Å². The summed E-state index contributed by atoms with van der Waals surface area (Å²) in [6.45, 7) is 5.75. The maximum absolute atomic E-state index is 11.6. The van der Waals surface area contributed by atoms with E-state index >= 15 is 0 Å². The van der Waals surface area contributed by atoms with Crippen molar-refractivity contribution in [2.24, 2.45) is 0 Å². The van der Waals surface area contributed by atoms with Crippen LogP contribution in [0.4, 0.5) is 0 Å². The van der Waals surface area contributed by atoms with Gasteiger partial charge in [-0.15, -0.1) is 0 Å². The van der Waals surface area contributed by atoms with Crippen LogP contribution in [0.25, 0.3) is 0 Å². The first kappa shape index (κ1) is 12.7. The predicted molar refractivity (Wildman–Crippen MR) is 66.5 cm³/mol. The fraction of sp³-hybridized carbons (Fsp3) is 0.462. The van der Waals surface area contributed by atoms with E-state index in [9.17, 15) is 4.79 Å². The van der Waals surface area contributed by atoms with Gasteiger partial charge in [0.1, 0.15) is 0 Å². The van der Waals surface area contributed by atoms with Gasteiger partial charge in [-0.1, -0.05) is 25.1 Å². The van der Waals surface area contributed by atoms with E-state index < -0.39 is 0 Å². The lowest BCUT2D eigenvalue weighted by Gasteiger charge is -2.11. The van der Waals surface area contributed by atoms with Gasteiger partial charge in [0.15, 0.2) is 0 Å². The van der Waals surface area contributed by atoms with Crippen LogP contribution in [-0.4, -0.2) is 25.0 Å². The molecule has 3 nitrogen and oxygen atoms in total. The van der Waals surface area contributed by atoms with Gasteiger partial charge in [-0.05, 0) is 25.5 Å². The Bertz CT molecular complexity index is 311. The molecule has 0 fully saturated rings. The van der Waals surface area contributed by atoms with Crippen LogP contribution < -0.4 is 10.6 Å². The molecular formula is C13H20N2O. The maximum atomic E-state index is 11.6. The molecule has 0 heterocycles. The Morgan fingerprint density at radius 1 is 1.25 bits per heavy atom. The van der Waals surface area contributed by atoms with Gasteiger partial charge < -0.3 is 10.6 Å². The van der Waals surface area contributed by atoms with E-state index in [0.29, 0.717) is 18.2 Å². The standard InChI is InChI=1S/C13H20N2O/c1-3-11(2)14-9-10-15-13(16)12-7-5-4-6-8-12/h4-8,11,14H,3,9-10H2,1-2H3,(H,15,16). The number of hydrogen-bond acceptors (Lipinski definition) is 2. The van der Waals surface area contributed by atoms with Gasteiger partial charge in [-0.2, -0.15) is 0 Å². The molecule has 88 valence electrons. The Morgan fingerprint density at radius 2 is 1.94 bits per heavy atom. The monoisotopic (exact) mass is 220 g/mol. The van der Waals surface area contributed by atoms with Gasteiger partial charge in [0.2, 0.25) is 0 Å². The first-order chi connectivity index (χ1) is 7.74. The summed E-state index contributed by atoms with van der Waals surface area (Å²) in [5.41, 5.74) is 0.714. The topological polar surface area (TPSA) is 41.1 Å². The van der Waals surface area contributed by atoms with Crippen LogP contribution in [0.1, 0.15) is 30.6 Å². The lowest BCUT2D eigenvalue weighted by Crippen LogP contribution is -2.35. The third-order valence-corrected chi connectivity index (χ3v) is 2.55. The minimum absolute atomic E-state index is 0.00782. The molecule has 1 aromatic carbocycles. The number of carbonyl (C=O) groups excluding carboxylic acids is 1. The summed E-state index contributed by atoms with van der Waals surface area (Å²) < 4.78 is 0. The van der Waals surface area contributed by atoms with Crippen molar-refractivity contribution >= 4 is 5.91 Å². The zero-order chi connectivity index (χ0) is 11.8. The lowest BCUT2D eigenvalue weighted by molar-refractivity contribution is 0.0953. The van der Waals surface area contributed by atoms with E-state index in [1.807, 2.05) is 30.3 Å². The number of nitrogens with one attached hydrogen (secondary N) is 2. The molecule has 1 amide bonds. The fourth-order valence-corrected chi connectivity index (χ4v) is 1.33. The van der Waals surface area contributed by atoms with Crippen molar-refractivity contribution in [1.82, 2.24) is 10.6 Å². The fourth-order valence-electron chi connectivity index (χ4n) is 1.33. The SMILES string of the molecule is CCC(C)NCCNC(=O)c1ccccc1. The first-order valence-electron chi connectivity index (χ1n) is 5.80. The molecule has 1 unspecified atom stereocenters. The van der Waals surface area contributed by atoms with Gasteiger partial charge in [0.05, 0.1) is 0 Å². The molecule has 0 radical (unpaired) electrons. The normalized spacial score (nSPS) is 12.1. The van der Waals surface area contributed by atoms with Crippen LogP contribution in [0, 0.1) is 0 Å². The zero-order valence-electron chi connectivity index (χ0n) is 9.99. The van der Waals surface area contributed by atoms with Gasteiger partial charge in [-0.25, -0.2) is 0 Å². The van der Waals surface area contributed by atoms with Crippen LogP contribution >= 0.6 is 0 Å². The average molecular weight is 220 g/mol. The van der Waals surface area contributed by atoms with Crippen molar-refractivity contribution in [3.05, 3.63) is 35.9 Å². The van der Waals surface area contributed by atoms with Gasteiger partial charge in [0.25, 0.3) is 5.91 Å². The van der Waals surface area contributed by atoms with Gasteiger partial charge in [-0.3, -0.25) is 4.79 Å². The Kier molecular flexibility index (Phi) is 5.57. The molecule has 2 N–H and O–H groups in total. The van der Waals surface area contributed by atoms with Crippen LogP contribution in [0.3, 0.4) is 0 Å². The quantitative estimate of drug-likeness (QED) is 0.718. The summed E-state index contributed by atoms with van der Waals surface area (Å²) in [5.74, 6) is -0.00782. The molecule has 0 aliphatic rings. The molecule has 16 heavy (non-hydrogen) atoms. The smallest absolute Gasteiger partial charge is 0.251 e. The maximum Gasteiger partial charge on any atom is 0.251 e. The van der Waals surface area contributed by atoms with Crippen molar-refractivity contribution in [3.63, 3.8) is 0 Å². The molecule has 3 heteroatoms. The molecule has 1 rings (SSSR count). The van der Waals surface area contributed by atoms with Crippen molar-refractivity contribution < 1.29 is 4.79 Å². The van der Waals surface area contributed by atoms with Crippen molar-refractivity contribution in [2.75, 3.05) is 13.1 Å². The average Bonchev–Trinajstić information content (AvgIpc) is 2.35. The number of benzene rings is 1. The largest absolute Gasteiger partial charge is 0.351 e. The highest BCUT2D eigenvalue weighted by Gasteiger charge is 2.03. The summed E-state index contributed by atoms with van der Waals surface area (Å²) >= 11 is 0. The molecule has 0 saturated heterocycles. The Morgan fingerprint density at radius 3 is 2.56 bits per heavy atom. The molecular weight excluding hydrogens is 200 g/mol. The Hall–Kier alpha value is -1.35. The molecule has 0 aromatic heterocycles. The zero-order valence-corrected chi connectivity index (χ0v) is 9.99. The summed E-state index contributed by atoms with van der Waals surface area (Å²) in [7, 11) is 0. The minimum Gasteiger partial charge on any atom is -0.351 e. The van der Waals surface area contributed by atoms with E-state index in [4.69, 9.17) is 0 Å². The third-order valence-electron chi connectivity index (χ3n) is 2.55. The second-order valence-corrected chi connectivity index (χ2v) is 3.89. The Balaban J connectivity index is 2.21. The number of amides is 1. The summed E-state index contributed by atoms with van der Waals surface area (Å²) in [6.07, 6.45) is 1.10. The van der Waals surface area contributed by atoms with Gasteiger partial charge in [0, 0.05) is 24.7 Å². The number of hydrogen-bond donors (Lipinski definition) is 2. The molecule has 1 aromatic rings. The first-order valence-corrected chi connectivity index (χ1v) is 5.80. The van der Waals surface area contributed by atoms with Crippen LogP contribution in [-0.2, 0) is 0 Å². The second-order valence-electron chi connectivity index (χ2n) is 3.89. The van der Waals surface area contributed by atoms with Crippen molar-refractivity contribution in [3.8, 4) is 0 Å². The molecule has 0 aliphatic carbocycles. The molecule has 0 aliphatic heterocycles. The Labute approximate surface area is 97.2 Å². The van der Waals surface area contributed by atoms with E-state index in [-0.39, 0.29) is 5.91 Å². The lowest BCUT2D eigenvalue weighted by atomic mass is 10.2. The summed E-state index contributed by atoms with van der Waals surface area (Å²) in [4.78, 5) is 11.6. The van der Waals surface area contributed by atoms with Crippen molar-refractivity contribution in [1.29, 1.82) is 0 Å². The van der Waals surface area contributed by atoms with E-state index in [1.54, 1.807) is 0 Å². The summed E-state index contributed by atoms with van der Waals surface area (Å²) in [6, 6.07) is 9.78. The number of rotatable bonds is 6. The summed E-state index contributed by atoms with van der Waals surface area (Å²) in [5, 5.41) is 6.20. The molecule has 0 spiro atoms. The van der Waals surface area contributed by atoms with Crippen molar-refractivity contribution in [2.45, 2.75) is 26.3 Å². The van der Waals surface area contributed by atoms with Gasteiger partial charge >= 0.3 is 0 Å². The number of carbonyl (C=O) groups is 1. The van der Waals surface area contributed by atoms with Crippen LogP contribution in [0.5, 0.6) is 0 Å². The van der Waals surface area contributed by atoms with E-state index in [0.717, 1.165) is 13.0 Å².